The van der Waals surface area contributed by atoms with Crippen molar-refractivity contribution in [2.24, 2.45) is 0 Å². The fraction of sp³-hybridized carbons (Fsp3) is 0.884. The number of esters is 2. The van der Waals surface area contributed by atoms with Crippen LogP contribution in [0.3, 0.4) is 0 Å². The van der Waals surface area contributed by atoms with Crippen LogP contribution in [0.5, 0.6) is 0 Å². The lowest BCUT2D eigenvalue weighted by atomic mass is 10.0. The minimum atomic E-state index is -1.13. The first kappa shape index (κ1) is 49.1. The third-order valence-corrected chi connectivity index (χ3v) is 9.67. The second-order valence-corrected chi connectivity index (χ2v) is 15.6. The van der Waals surface area contributed by atoms with E-state index in [1.54, 1.807) is 21.1 Å². The molecule has 8 heteroatoms. The van der Waals surface area contributed by atoms with Gasteiger partial charge < -0.3 is 28.6 Å². The first-order valence-electron chi connectivity index (χ1n) is 21.2. The van der Waals surface area contributed by atoms with Crippen molar-refractivity contribution < 1.29 is 38.2 Å². The predicted molar refractivity (Wildman–Crippen MR) is 208 cm³/mol. The predicted octanol–water partition coefficient (Wildman–Crippen LogP) is 9.80. The summed E-state index contributed by atoms with van der Waals surface area (Å²) in [6.45, 7) is 4.59. The zero-order valence-electron chi connectivity index (χ0n) is 34.0. The molecule has 0 aromatic carbocycles. The fourth-order valence-electron chi connectivity index (χ4n) is 6.32. The van der Waals surface area contributed by atoms with Gasteiger partial charge in [-0.15, -0.1) is 0 Å². The highest BCUT2D eigenvalue weighted by atomic mass is 16.6. The molecular formula is C43H81NO7. The maximum absolute atomic E-state index is 12.7. The average Bonchev–Trinajstić information content (AvgIpc) is 3.08. The van der Waals surface area contributed by atoms with Crippen LogP contribution < -0.4 is 5.11 Å². The van der Waals surface area contributed by atoms with Crippen LogP contribution in [-0.4, -0.2) is 75.5 Å². The van der Waals surface area contributed by atoms with Gasteiger partial charge >= 0.3 is 11.9 Å². The van der Waals surface area contributed by atoms with Crippen molar-refractivity contribution in [3.63, 3.8) is 0 Å². The number of carboxylic acid groups (broad SMARTS) is 1. The van der Waals surface area contributed by atoms with Gasteiger partial charge in [-0.05, 0) is 25.7 Å². The topological polar surface area (TPSA) is 102 Å². The standard InChI is InChI=1S/C43H81NO7/c1-6-8-10-12-14-16-17-18-19-20-21-22-23-24-25-26-28-30-32-34-42(46)51-39(37-49-36-35-40(43(47)48)44(3,4)5)38-50-41(45)33-31-29-27-15-13-11-9-7-2/h27,29,39-40H,6-26,28,30-38H2,1-5H3/b29-27+. The van der Waals surface area contributed by atoms with Crippen molar-refractivity contribution >= 4 is 17.9 Å². The van der Waals surface area contributed by atoms with Gasteiger partial charge in [-0.2, -0.15) is 0 Å². The van der Waals surface area contributed by atoms with Crippen molar-refractivity contribution in [2.75, 3.05) is 41.0 Å². The van der Waals surface area contributed by atoms with Crippen LogP contribution in [0.15, 0.2) is 12.2 Å². The molecule has 0 heterocycles. The number of carboxylic acids is 1. The van der Waals surface area contributed by atoms with E-state index in [4.69, 9.17) is 14.2 Å². The first-order valence-corrected chi connectivity index (χ1v) is 21.2. The summed E-state index contributed by atoms with van der Waals surface area (Å²) < 4.78 is 17.0. The van der Waals surface area contributed by atoms with E-state index in [2.05, 4.69) is 19.9 Å². The molecule has 8 nitrogen and oxygen atoms in total. The Hall–Kier alpha value is -1.93. The molecule has 0 N–H and O–H groups in total. The Morgan fingerprint density at radius 2 is 1.02 bits per heavy atom. The maximum Gasteiger partial charge on any atom is 0.306 e. The summed E-state index contributed by atoms with van der Waals surface area (Å²) in [6, 6.07) is -0.724. The summed E-state index contributed by atoms with van der Waals surface area (Å²) in [5.74, 6) is -1.79. The van der Waals surface area contributed by atoms with E-state index in [0.29, 0.717) is 12.8 Å². The number of ether oxygens (including phenoxy) is 3. The maximum atomic E-state index is 12.7. The molecule has 0 bridgehead atoms. The highest BCUT2D eigenvalue weighted by Gasteiger charge is 2.25. The fourth-order valence-corrected chi connectivity index (χ4v) is 6.32. The smallest absolute Gasteiger partial charge is 0.306 e. The van der Waals surface area contributed by atoms with E-state index < -0.39 is 18.1 Å². The first-order chi connectivity index (χ1) is 24.6. The SMILES string of the molecule is CCCCCC/C=C/CCC(=O)OCC(COCCC(C(=O)[O-])[N+](C)(C)C)OC(=O)CCCCCCCCCCCCCCCCCCCCC. The Labute approximate surface area is 314 Å². The van der Waals surface area contributed by atoms with E-state index in [0.717, 1.165) is 25.7 Å². The minimum Gasteiger partial charge on any atom is -0.544 e. The lowest BCUT2D eigenvalue weighted by Gasteiger charge is -2.34. The molecule has 0 aliphatic rings. The van der Waals surface area contributed by atoms with Crippen molar-refractivity contribution in [3.05, 3.63) is 12.2 Å². The number of unbranched alkanes of at least 4 members (excludes halogenated alkanes) is 22. The Morgan fingerprint density at radius 3 is 1.49 bits per heavy atom. The van der Waals surface area contributed by atoms with Crippen LogP contribution in [0.4, 0.5) is 0 Å². The van der Waals surface area contributed by atoms with Gasteiger partial charge in [0.15, 0.2) is 6.10 Å². The molecule has 0 saturated heterocycles. The highest BCUT2D eigenvalue weighted by molar-refractivity contribution is 5.70. The van der Waals surface area contributed by atoms with Gasteiger partial charge in [0.1, 0.15) is 12.6 Å². The summed E-state index contributed by atoms with van der Waals surface area (Å²) in [6.07, 6.45) is 35.5. The van der Waals surface area contributed by atoms with Crippen LogP contribution in [0.25, 0.3) is 0 Å². The average molecular weight is 724 g/mol. The van der Waals surface area contributed by atoms with Crippen LogP contribution >= 0.6 is 0 Å². The van der Waals surface area contributed by atoms with Gasteiger partial charge in [0.2, 0.25) is 0 Å². The van der Waals surface area contributed by atoms with Gasteiger partial charge in [-0.25, -0.2) is 0 Å². The van der Waals surface area contributed by atoms with Crippen LogP contribution in [0, 0.1) is 0 Å². The summed E-state index contributed by atoms with van der Waals surface area (Å²) in [7, 11) is 5.39. The van der Waals surface area contributed by atoms with E-state index in [1.807, 2.05) is 6.08 Å². The molecule has 0 fully saturated rings. The lowest BCUT2D eigenvalue weighted by molar-refractivity contribution is -0.889. The monoisotopic (exact) mass is 724 g/mol. The zero-order valence-corrected chi connectivity index (χ0v) is 34.0. The van der Waals surface area contributed by atoms with E-state index in [1.165, 1.54) is 128 Å². The Kier molecular flexibility index (Phi) is 33.8. The quantitative estimate of drug-likeness (QED) is 0.0271. The number of quaternary nitrogens is 1. The van der Waals surface area contributed by atoms with E-state index >= 15 is 0 Å². The summed E-state index contributed by atoms with van der Waals surface area (Å²) in [5, 5.41) is 11.6. The lowest BCUT2D eigenvalue weighted by Crippen LogP contribution is -2.55. The second kappa shape index (κ2) is 35.1. The van der Waals surface area contributed by atoms with Crippen LogP contribution in [0.2, 0.25) is 0 Å². The summed E-state index contributed by atoms with van der Waals surface area (Å²) in [5.41, 5.74) is 0. The molecule has 51 heavy (non-hydrogen) atoms. The molecule has 300 valence electrons. The molecule has 0 amide bonds. The molecule has 0 rings (SSSR count). The van der Waals surface area contributed by atoms with Gasteiger partial charge in [0.25, 0.3) is 0 Å². The van der Waals surface area contributed by atoms with Crippen molar-refractivity contribution in [2.45, 2.75) is 206 Å². The number of hydrogen-bond donors (Lipinski definition) is 0. The molecule has 0 aromatic heterocycles. The Morgan fingerprint density at radius 1 is 0.569 bits per heavy atom. The molecule has 2 unspecified atom stereocenters. The Balaban J connectivity index is 4.24. The normalized spacial score (nSPS) is 13.0. The number of rotatable bonds is 38. The molecule has 0 aromatic rings. The highest BCUT2D eigenvalue weighted by Crippen LogP contribution is 2.15. The van der Waals surface area contributed by atoms with Gasteiger partial charge in [-0.1, -0.05) is 161 Å². The van der Waals surface area contributed by atoms with Crippen molar-refractivity contribution in [1.82, 2.24) is 0 Å². The van der Waals surface area contributed by atoms with Gasteiger partial charge in [0, 0.05) is 19.3 Å². The van der Waals surface area contributed by atoms with Crippen LogP contribution in [0.1, 0.15) is 194 Å². The summed E-state index contributed by atoms with van der Waals surface area (Å²) in [4.78, 5) is 36.6. The van der Waals surface area contributed by atoms with Crippen molar-refractivity contribution in [3.8, 4) is 0 Å². The Bertz CT molecular complexity index is 854. The van der Waals surface area contributed by atoms with E-state index in [9.17, 15) is 19.5 Å². The number of nitrogens with zero attached hydrogens (tertiary/aromatic N) is 1. The number of hydrogen-bond acceptors (Lipinski definition) is 7. The number of aliphatic carboxylic acids is 1. The summed E-state index contributed by atoms with van der Waals surface area (Å²) >= 11 is 0. The molecule has 0 aliphatic carbocycles. The zero-order chi connectivity index (χ0) is 37.8. The largest absolute Gasteiger partial charge is 0.544 e. The second-order valence-electron chi connectivity index (χ2n) is 15.6. The number of carbonyl (C=O) groups excluding carboxylic acids is 3. The van der Waals surface area contributed by atoms with Crippen LogP contribution in [-0.2, 0) is 28.6 Å². The number of allylic oxidation sites excluding steroid dienone is 2. The number of likely N-dealkylation sites (N-methyl/N-ethyl adjacent to an activating group) is 1. The molecular weight excluding hydrogens is 642 g/mol. The van der Waals surface area contributed by atoms with Crippen molar-refractivity contribution in [1.29, 1.82) is 0 Å². The molecule has 0 aliphatic heterocycles. The molecule has 0 spiro atoms. The minimum absolute atomic E-state index is 0.0345. The molecule has 2 atom stereocenters. The molecule has 0 saturated carbocycles. The van der Waals surface area contributed by atoms with Gasteiger partial charge in [0.05, 0.1) is 40.3 Å². The molecule has 0 radical (unpaired) electrons. The van der Waals surface area contributed by atoms with Gasteiger partial charge in [-0.3, -0.25) is 9.59 Å². The van der Waals surface area contributed by atoms with E-state index in [-0.39, 0.29) is 49.1 Å². The number of carbonyl (C=O) groups is 3. The third-order valence-electron chi connectivity index (χ3n) is 9.67. The third kappa shape index (κ3) is 33.6.